The Bertz CT molecular complexity index is 541. The van der Waals surface area contributed by atoms with Crippen LogP contribution in [-0.4, -0.2) is 32.1 Å². The van der Waals surface area contributed by atoms with E-state index in [9.17, 15) is 8.42 Å². The number of hydrogen-bond acceptors (Lipinski definition) is 4. The highest BCUT2D eigenvalue weighted by atomic mass is 32.2. The normalized spacial score (nSPS) is 22.6. The maximum Gasteiger partial charge on any atom is 0.150 e. The second-order valence-electron chi connectivity index (χ2n) is 5.34. The number of hydrogen-bond donors (Lipinski definition) is 1. The second kappa shape index (κ2) is 5.51. The number of sulfone groups is 1. The summed E-state index contributed by atoms with van der Waals surface area (Å²) in [5.74, 6) is 1.24. The standard InChI is InChI=1S/C14H21NO3S/c1-2-8-19(16,17)9-7-14(15)10-12-5-3-4-6-13(12)18-11-14/h3-6H,2,7-11,15H2,1H3. The molecule has 0 saturated heterocycles. The third-order valence-electron chi connectivity index (χ3n) is 3.46. The van der Waals surface area contributed by atoms with Crippen molar-refractivity contribution in [1.29, 1.82) is 0 Å². The van der Waals surface area contributed by atoms with Crippen molar-refractivity contribution >= 4 is 9.84 Å². The van der Waals surface area contributed by atoms with Gasteiger partial charge in [-0.2, -0.15) is 0 Å². The van der Waals surface area contributed by atoms with Gasteiger partial charge in [0.05, 0.1) is 11.3 Å². The maximum atomic E-state index is 11.8. The van der Waals surface area contributed by atoms with E-state index in [0.717, 1.165) is 11.3 Å². The summed E-state index contributed by atoms with van der Waals surface area (Å²) < 4.78 is 29.2. The van der Waals surface area contributed by atoms with E-state index in [1.54, 1.807) is 0 Å². The van der Waals surface area contributed by atoms with Gasteiger partial charge in [0.15, 0.2) is 0 Å². The molecule has 0 fully saturated rings. The minimum Gasteiger partial charge on any atom is -0.491 e. The van der Waals surface area contributed by atoms with E-state index >= 15 is 0 Å². The molecule has 1 heterocycles. The van der Waals surface area contributed by atoms with Gasteiger partial charge in [-0.1, -0.05) is 25.1 Å². The summed E-state index contributed by atoms with van der Waals surface area (Å²) in [6, 6.07) is 7.77. The molecule has 0 saturated carbocycles. The molecule has 0 aliphatic carbocycles. The van der Waals surface area contributed by atoms with Gasteiger partial charge in [0.2, 0.25) is 0 Å². The van der Waals surface area contributed by atoms with Gasteiger partial charge in [-0.15, -0.1) is 0 Å². The lowest BCUT2D eigenvalue weighted by molar-refractivity contribution is 0.187. The smallest absolute Gasteiger partial charge is 0.150 e. The monoisotopic (exact) mass is 283 g/mol. The van der Waals surface area contributed by atoms with E-state index in [-0.39, 0.29) is 11.5 Å². The van der Waals surface area contributed by atoms with Crippen LogP contribution in [0.25, 0.3) is 0 Å². The molecule has 0 aromatic heterocycles. The topological polar surface area (TPSA) is 69.4 Å². The fraction of sp³-hybridized carbons (Fsp3) is 0.571. The second-order valence-corrected chi connectivity index (χ2v) is 7.64. The minimum absolute atomic E-state index is 0.142. The van der Waals surface area contributed by atoms with E-state index < -0.39 is 15.4 Å². The summed E-state index contributed by atoms with van der Waals surface area (Å²) in [5.41, 5.74) is 6.77. The number of rotatable bonds is 5. The van der Waals surface area contributed by atoms with Crippen LogP contribution in [0.15, 0.2) is 24.3 Å². The lowest BCUT2D eigenvalue weighted by Crippen LogP contribution is -2.51. The van der Waals surface area contributed by atoms with E-state index in [1.807, 2.05) is 31.2 Å². The molecule has 106 valence electrons. The molecule has 1 aliphatic rings. The van der Waals surface area contributed by atoms with Crippen LogP contribution < -0.4 is 10.5 Å². The van der Waals surface area contributed by atoms with Crippen LogP contribution in [0.3, 0.4) is 0 Å². The first-order chi connectivity index (χ1) is 8.94. The van der Waals surface area contributed by atoms with Gasteiger partial charge in [0.25, 0.3) is 0 Å². The van der Waals surface area contributed by atoms with Gasteiger partial charge in [0.1, 0.15) is 22.2 Å². The summed E-state index contributed by atoms with van der Waals surface area (Å²) in [6.45, 7) is 2.25. The van der Waals surface area contributed by atoms with Crippen molar-refractivity contribution in [3.8, 4) is 5.75 Å². The van der Waals surface area contributed by atoms with E-state index in [2.05, 4.69) is 0 Å². The molecule has 0 bridgehead atoms. The number of benzene rings is 1. The lowest BCUT2D eigenvalue weighted by atomic mass is 9.88. The van der Waals surface area contributed by atoms with Crippen LogP contribution in [0.2, 0.25) is 0 Å². The van der Waals surface area contributed by atoms with Gasteiger partial charge in [-0.05, 0) is 30.9 Å². The number of ether oxygens (including phenoxy) is 1. The summed E-state index contributed by atoms with van der Waals surface area (Å²) in [4.78, 5) is 0. The molecule has 2 rings (SSSR count). The molecule has 19 heavy (non-hydrogen) atoms. The fourth-order valence-electron chi connectivity index (χ4n) is 2.37. The van der Waals surface area contributed by atoms with Gasteiger partial charge < -0.3 is 10.5 Å². The van der Waals surface area contributed by atoms with Crippen LogP contribution in [0, 0.1) is 0 Å². The van der Waals surface area contributed by atoms with Crippen LogP contribution >= 0.6 is 0 Å². The van der Waals surface area contributed by atoms with Crippen LogP contribution in [-0.2, 0) is 16.3 Å². The maximum absolute atomic E-state index is 11.8. The Balaban J connectivity index is 2.02. The predicted octanol–water partition coefficient (Wildman–Crippen LogP) is 1.53. The zero-order valence-electron chi connectivity index (χ0n) is 11.3. The largest absolute Gasteiger partial charge is 0.491 e. The molecule has 1 atom stereocenters. The minimum atomic E-state index is -2.98. The molecular weight excluding hydrogens is 262 g/mol. The molecule has 2 N–H and O–H groups in total. The summed E-state index contributed by atoms with van der Waals surface area (Å²) >= 11 is 0. The molecule has 4 nitrogen and oxygen atoms in total. The van der Waals surface area contributed by atoms with Crippen molar-refractivity contribution in [2.75, 3.05) is 18.1 Å². The van der Waals surface area contributed by atoms with E-state index in [0.29, 0.717) is 25.9 Å². The van der Waals surface area contributed by atoms with Gasteiger partial charge in [0, 0.05) is 5.75 Å². The van der Waals surface area contributed by atoms with Crippen molar-refractivity contribution in [3.05, 3.63) is 29.8 Å². The van der Waals surface area contributed by atoms with Crippen LogP contribution in [0.4, 0.5) is 0 Å². The van der Waals surface area contributed by atoms with Crippen molar-refractivity contribution in [2.24, 2.45) is 5.73 Å². The summed E-state index contributed by atoms with van der Waals surface area (Å²) in [7, 11) is -2.98. The molecule has 1 aliphatic heterocycles. The first-order valence-electron chi connectivity index (χ1n) is 6.64. The first-order valence-corrected chi connectivity index (χ1v) is 8.46. The van der Waals surface area contributed by atoms with Crippen LogP contribution in [0.5, 0.6) is 5.75 Å². The molecule has 1 unspecified atom stereocenters. The zero-order valence-corrected chi connectivity index (χ0v) is 12.1. The Labute approximate surface area is 114 Å². The van der Waals surface area contributed by atoms with Crippen molar-refractivity contribution in [3.63, 3.8) is 0 Å². The SMILES string of the molecule is CCCS(=O)(=O)CCC1(N)COc2ccccc2C1. The first kappa shape index (κ1) is 14.3. The van der Waals surface area contributed by atoms with Crippen LogP contribution in [0.1, 0.15) is 25.3 Å². The van der Waals surface area contributed by atoms with Gasteiger partial charge in [-0.3, -0.25) is 0 Å². The van der Waals surface area contributed by atoms with Crippen molar-refractivity contribution in [2.45, 2.75) is 31.7 Å². The Morgan fingerprint density at radius 1 is 1.32 bits per heavy atom. The summed E-state index contributed by atoms with van der Waals surface area (Å²) in [6.07, 6.45) is 1.77. The molecule has 5 heteroatoms. The predicted molar refractivity (Wildman–Crippen MR) is 76.1 cm³/mol. The Hall–Kier alpha value is -1.07. The quantitative estimate of drug-likeness (QED) is 0.890. The highest BCUT2D eigenvalue weighted by molar-refractivity contribution is 7.91. The lowest BCUT2D eigenvalue weighted by Gasteiger charge is -2.34. The number of para-hydroxylation sites is 1. The molecule has 0 amide bonds. The third kappa shape index (κ3) is 3.70. The number of nitrogens with two attached hydrogens (primary N) is 1. The third-order valence-corrected chi connectivity index (χ3v) is 5.31. The van der Waals surface area contributed by atoms with E-state index in [1.165, 1.54) is 0 Å². The Morgan fingerprint density at radius 2 is 2.05 bits per heavy atom. The van der Waals surface area contributed by atoms with Crippen molar-refractivity contribution < 1.29 is 13.2 Å². The van der Waals surface area contributed by atoms with Crippen molar-refractivity contribution in [1.82, 2.24) is 0 Å². The highest BCUT2D eigenvalue weighted by Crippen LogP contribution is 2.29. The summed E-state index contributed by atoms with van der Waals surface area (Å²) in [5, 5.41) is 0. The number of fused-ring (bicyclic) bond motifs is 1. The Morgan fingerprint density at radius 3 is 2.79 bits per heavy atom. The average molecular weight is 283 g/mol. The molecular formula is C14H21NO3S. The molecule has 1 aromatic carbocycles. The van der Waals surface area contributed by atoms with E-state index in [4.69, 9.17) is 10.5 Å². The molecule has 1 aromatic rings. The molecule has 0 spiro atoms. The highest BCUT2D eigenvalue weighted by Gasteiger charge is 2.33. The Kier molecular flexibility index (Phi) is 4.16. The zero-order chi connectivity index (χ0) is 13.9. The molecule has 0 radical (unpaired) electrons. The van der Waals surface area contributed by atoms with Gasteiger partial charge in [-0.25, -0.2) is 8.42 Å². The fourth-order valence-corrected chi connectivity index (χ4v) is 3.92. The average Bonchev–Trinajstić information content (AvgIpc) is 2.37. The van der Waals surface area contributed by atoms with Gasteiger partial charge >= 0.3 is 0 Å².